The van der Waals surface area contributed by atoms with Crippen LogP contribution >= 0.6 is 0 Å². The zero-order valence-electron chi connectivity index (χ0n) is 21.4. The summed E-state index contributed by atoms with van der Waals surface area (Å²) in [6, 6.07) is 14.4. The van der Waals surface area contributed by atoms with E-state index in [4.69, 9.17) is 14.9 Å². The molecule has 0 aliphatic carbocycles. The summed E-state index contributed by atoms with van der Waals surface area (Å²) in [5.74, 6) is 0.547. The van der Waals surface area contributed by atoms with Crippen molar-refractivity contribution in [3.8, 4) is 34.3 Å². The molecule has 0 bridgehead atoms. The van der Waals surface area contributed by atoms with E-state index in [1.54, 1.807) is 12.1 Å². The number of aromatic nitrogens is 4. The molecule has 2 aromatic heterocycles. The molecule has 3 N–H and O–H groups in total. The Hall–Kier alpha value is -3.74. The highest BCUT2D eigenvalue weighted by Crippen LogP contribution is 2.29. The summed E-state index contributed by atoms with van der Waals surface area (Å²) >= 11 is 0. The molecule has 1 aliphatic heterocycles. The number of anilines is 1. The summed E-state index contributed by atoms with van der Waals surface area (Å²) in [5, 5.41) is 10.9. The summed E-state index contributed by atoms with van der Waals surface area (Å²) in [6.45, 7) is 3.08. The van der Waals surface area contributed by atoms with Crippen LogP contribution < -0.4 is 11.1 Å². The van der Waals surface area contributed by atoms with Crippen molar-refractivity contribution >= 4 is 15.7 Å². The smallest absolute Gasteiger partial charge is 0.270 e. The van der Waals surface area contributed by atoms with Crippen molar-refractivity contribution in [1.29, 1.82) is 0 Å². The number of sulfone groups is 1. The van der Waals surface area contributed by atoms with Gasteiger partial charge in [-0.25, -0.2) is 18.4 Å². The van der Waals surface area contributed by atoms with Crippen LogP contribution in [0.5, 0.6) is 0 Å². The van der Waals surface area contributed by atoms with Crippen LogP contribution in [0.4, 0.5) is 10.2 Å². The number of benzene rings is 2. The third-order valence-electron chi connectivity index (χ3n) is 6.68. The fourth-order valence-corrected chi connectivity index (χ4v) is 5.59. The highest BCUT2D eigenvalue weighted by atomic mass is 32.2. The summed E-state index contributed by atoms with van der Waals surface area (Å²) in [4.78, 5) is 8.88. The van der Waals surface area contributed by atoms with E-state index in [0.717, 1.165) is 37.3 Å². The summed E-state index contributed by atoms with van der Waals surface area (Å²) in [5.41, 5.74) is 9.24. The lowest BCUT2D eigenvalue weighted by Crippen LogP contribution is -2.28. The minimum atomic E-state index is -3.63. The Morgan fingerprint density at radius 1 is 1.08 bits per heavy atom. The Morgan fingerprint density at radius 3 is 2.49 bits per heavy atom. The summed E-state index contributed by atoms with van der Waals surface area (Å²) in [6.07, 6.45) is 2.45. The molecule has 4 aromatic rings. The molecule has 0 amide bonds. The quantitative estimate of drug-likeness (QED) is 0.297. The van der Waals surface area contributed by atoms with Gasteiger partial charge in [0.2, 0.25) is 5.89 Å². The maximum absolute atomic E-state index is 12.7. The fourth-order valence-electron chi connectivity index (χ4n) is 4.21. The van der Waals surface area contributed by atoms with Gasteiger partial charge in [-0.1, -0.05) is 24.3 Å². The number of hydrogen-bond donors (Lipinski definition) is 2. The lowest BCUT2D eigenvalue weighted by Gasteiger charge is -2.12. The van der Waals surface area contributed by atoms with E-state index in [0.29, 0.717) is 23.2 Å². The number of ether oxygens (including phenoxy) is 1. The van der Waals surface area contributed by atoms with Gasteiger partial charge < -0.3 is 20.2 Å². The molecule has 2 unspecified atom stereocenters. The fraction of sp³-hybridized carbons (Fsp3) is 0.333. The van der Waals surface area contributed by atoms with Crippen molar-refractivity contribution in [3.63, 3.8) is 0 Å². The van der Waals surface area contributed by atoms with Gasteiger partial charge in [0.15, 0.2) is 21.3 Å². The van der Waals surface area contributed by atoms with Crippen molar-refractivity contribution in [2.45, 2.75) is 42.5 Å². The average Bonchev–Trinajstić information content (AvgIpc) is 3.66. The average molecular weight is 553 g/mol. The molecular weight excluding hydrogens is 523 g/mol. The molecule has 204 valence electrons. The Bertz CT molecular complexity index is 1520. The van der Waals surface area contributed by atoms with Gasteiger partial charge in [0.05, 0.1) is 35.3 Å². The van der Waals surface area contributed by atoms with Gasteiger partial charge in [-0.05, 0) is 49.6 Å². The molecule has 10 nitrogen and oxygen atoms in total. The summed E-state index contributed by atoms with van der Waals surface area (Å²) in [7, 11) is -3.63. The van der Waals surface area contributed by atoms with Gasteiger partial charge in [-0.3, -0.25) is 4.39 Å². The Morgan fingerprint density at radius 2 is 1.79 bits per heavy atom. The van der Waals surface area contributed by atoms with E-state index >= 15 is 0 Å². The minimum absolute atomic E-state index is 0.0549. The molecule has 0 spiro atoms. The second kappa shape index (κ2) is 11.6. The molecule has 2 atom stereocenters. The van der Waals surface area contributed by atoms with Crippen LogP contribution in [-0.2, 0) is 21.1 Å². The number of hydrogen-bond acceptors (Lipinski definition) is 10. The van der Waals surface area contributed by atoms with Gasteiger partial charge >= 0.3 is 0 Å². The van der Waals surface area contributed by atoms with Crippen molar-refractivity contribution in [3.05, 3.63) is 60.3 Å². The monoisotopic (exact) mass is 552 g/mol. The molecule has 12 heteroatoms. The van der Waals surface area contributed by atoms with Crippen molar-refractivity contribution in [2.24, 2.45) is 0 Å². The first kappa shape index (κ1) is 26.9. The molecule has 5 rings (SSSR count). The lowest BCUT2D eigenvalue weighted by molar-refractivity contribution is 0.190. The second-order valence-electron chi connectivity index (χ2n) is 9.40. The van der Waals surface area contributed by atoms with E-state index in [1.165, 1.54) is 25.3 Å². The SMILES string of the molecule is CC(CCF)S(=O)(=O)c1ccc(-c2cnc(N)c(-c3nnc(-c4ccc(CNC5CCOC5)cc4)o3)n2)cc1. The van der Waals surface area contributed by atoms with Gasteiger partial charge in [-0.15, -0.1) is 10.2 Å². The number of nitrogens with zero attached hydrogens (tertiary/aromatic N) is 4. The molecule has 1 aliphatic rings. The van der Waals surface area contributed by atoms with Crippen molar-refractivity contribution in [1.82, 2.24) is 25.5 Å². The zero-order chi connectivity index (χ0) is 27.4. The first-order chi connectivity index (χ1) is 18.8. The molecule has 1 fully saturated rings. The largest absolute Gasteiger partial charge is 0.414 e. The standard InChI is InChI=1S/C27H29FN6O4S/c1-17(10-12-28)39(35,36)22-8-6-19(7-9-22)23-15-31-25(29)24(32-23)27-34-33-26(38-27)20-4-2-18(3-5-20)14-30-21-11-13-37-16-21/h2-9,15,17,21,30H,10-14,16H2,1H3,(H2,29,31). The number of nitrogens with two attached hydrogens (primary N) is 1. The van der Waals surface area contributed by atoms with Crippen LogP contribution in [0.25, 0.3) is 34.3 Å². The van der Waals surface area contributed by atoms with E-state index in [2.05, 4.69) is 25.5 Å². The van der Waals surface area contributed by atoms with Crippen LogP contribution in [0, 0.1) is 0 Å². The highest BCUT2D eigenvalue weighted by molar-refractivity contribution is 7.92. The van der Waals surface area contributed by atoms with E-state index in [1.807, 2.05) is 24.3 Å². The minimum Gasteiger partial charge on any atom is -0.414 e. The molecule has 2 aromatic carbocycles. The van der Waals surface area contributed by atoms with Crippen molar-refractivity contribution < 1.29 is 22.0 Å². The van der Waals surface area contributed by atoms with Crippen LogP contribution in [-0.4, -0.2) is 59.8 Å². The maximum atomic E-state index is 12.7. The molecule has 0 saturated carbocycles. The normalized spacial score (nSPS) is 16.4. The second-order valence-corrected chi connectivity index (χ2v) is 11.8. The van der Waals surface area contributed by atoms with Crippen LogP contribution in [0.1, 0.15) is 25.3 Å². The third kappa shape index (κ3) is 5.97. The molecule has 39 heavy (non-hydrogen) atoms. The van der Waals surface area contributed by atoms with E-state index in [-0.39, 0.29) is 28.7 Å². The molecule has 3 heterocycles. The topological polar surface area (TPSA) is 146 Å². The Labute approximate surface area is 225 Å². The predicted octanol–water partition coefficient (Wildman–Crippen LogP) is 3.84. The molecular formula is C27H29FN6O4S. The number of alkyl halides is 1. The zero-order valence-corrected chi connectivity index (χ0v) is 22.2. The Balaban J connectivity index is 1.32. The first-order valence-corrected chi connectivity index (χ1v) is 14.2. The van der Waals surface area contributed by atoms with Crippen molar-refractivity contribution in [2.75, 3.05) is 25.6 Å². The van der Waals surface area contributed by atoms with Crippen LogP contribution in [0.2, 0.25) is 0 Å². The van der Waals surface area contributed by atoms with Gasteiger partial charge in [-0.2, -0.15) is 0 Å². The number of nitrogens with one attached hydrogen (secondary N) is 1. The maximum Gasteiger partial charge on any atom is 0.270 e. The van der Waals surface area contributed by atoms with Gasteiger partial charge in [0.1, 0.15) is 0 Å². The number of halogens is 1. The highest BCUT2D eigenvalue weighted by Gasteiger charge is 2.23. The number of rotatable bonds is 10. The van der Waals surface area contributed by atoms with E-state index < -0.39 is 21.8 Å². The first-order valence-electron chi connectivity index (χ1n) is 12.6. The number of nitrogen functional groups attached to an aromatic ring is 1. The molecule has 0 radical (unpaired) electrons. The molecule has 1 saturated heterocycles. The Kier molecular flexibility index (Phi) is 7.96. The van der Waals surface area contributed by atoms with Crippen LogP contribution in [0.15, 0.2) is 64.0 Å². The summed E-state index contributed by atoms with van der Waals surface area (Å²) < 4.78 is 49.2. The lowest BCUT2D eigenvalue weighted by atomic mass is 10.1. The third-order valence-corrected chi connectivity index (χ3v) is 8.90. The van der Waals surface area contributed by atoms with Gasteiger partial charge in [0, 0.05) is 30.3 Å². The predicted molar refractivity (Wildman–Crippen MR) is 144 cm³/mol. The van der Waals surface area contributed by atoms with Crippen LogP contribution in [0.3, 0.4) is 0 Å². The van der Waals surface area contributed by atoms with E-state index in [9.17, 15) is 12.8 Å². The van der Waals surface area contributed by atoms with Gasteiger partial charge in [0.25, 0.3) is 5.89 Å².